The van der Waals surface area contributed by atoms with Crippen LogP contribution in [0.3, 0.4) is 0 Å². The molecule has 1 aromatic carbocycles. The highest BCUT2D eigenvalue weighted by Gasteiger charge is 2.31. The summed E-state index contributed by atoms with van der Waals surface area (Å²) in [7, 11) is 0. The van der Waals surface area contributed by atoms with Gasteiger partial charge in [0.15, 0.2) is 0 Å². The second-order valence-electron chi connectivity index (χ2n) is 4.89. The van der Waals surface area contributed by atoms with Crippen LogP contribution >= 0.6 is 11.6 Å². The number of hydrogen-bond donors (Lipinski definition) is 1. The van der Waals surface area contributed by atoms with E-state index in [1.54, 1.807) is 6.92 Å². The molecule has 1 N–H and O–H groups in total. The lowest BCUT2D eigenvalue weighted by molar-refractivity contribution is -0.00212. The van der Waals surface area contributed by atoms with Crippen molar-refractivity contribution in [2.75, 3.05) is 13.1 Å². The van der Waals surface area contributed by atoms with Gasteiger partial charge in [-0.1, -0.05) is 17.7 Å². The van der Waals surface area contributed by atoms with E-state index in [1.807, 2.05) is 0 Å². The summed E-state index contributed by atoms with van der Waals surface area (Å²) in [6.45, 7) is 2.57. The average Bonchev–Trinajstić information content (AvgIpc) is 2.28. The number of piperidine rings is 1. The molecule has 98 valence electrons. The smallest absolute Gasteiger partial charge is 0.258 e. The summed E-state index contributed by atoms with van der Waals surface area (Å²) < 4.78 is 13.6. The van der Waals surface area contributed by atoms with E-state index in [4.69, 9.17) is 11.6 Å². The van der Waals surface area contributed by atoms with Crippen molar-refractivity contribution in [2.24, 2.45) is 0 Å². The van der Waals surface area contributed by atoms with Gasteiger partial charge in [0, 0.05) is 13.1 Å². The van der Waals surface area contributed by atoms with Gasteiger partial charge in [-0.15, -0.1) is 0 Å². The maximum Gasteiger partial charge on any atom is 0.258 e. The molecular weight excluding hydrogens is 257 g/mol. The monoisotopic (exact) mass is 271 g/mol. The normalized spacial score (nSPS) is 18.8. The number of halogens is 2. The number of likely N-dealkylation sites (tertiary alicyclic amines) is 1. The average molecular weight is 272 g/mol. The highest BCUT2D eigenvalue weighted by atomic mass is 35.5. The molecule has 18 heavy (non-hydrogen) atoms. The highest BCUT2D eigenvalue weighted by Crippen LogP contribution is 2.25. The molecule has 0 saturated carbocycles. The van der Waals surface area contributed by atoms with Crippen LogP contribution in [0.1, 0.15) is 30.1 Å². The van der Waals surface area contributed by atoms with Crippen molar-refractivity contribution in [1.29, 1.82) is 0 Å². The minimum Gasteiger partial charge on any atom is -0.390 e. The molecule has 1 saturated heterocycles. The van der Waals surface area contributed by atoms with Gasteiger partial charge < -0.3 is 10.0 Å². The molecule has 1 fully saturated rings. The molecule has 0 radical (unpaired) electrons. The molecular formula is C13H15ClFNO2. The Kier molecular flexibility index (Phi) is 3.59. The maximum atomic E-state index is 13.6. The van der Waals surface area contributed by atoms with Gasteiger partial charge in [-0.05, 0) is 31.9 Å². The van der Waals surface area contributed by atoms with Crippen LogP contribution in [0.25, 0.3) is 0 Å². The van der Waals surface area contributed by atoms with Crippen LogP contribution in [0.4, 0.5) is 4.39 Å². The second-order valence-corrected chi connectivity index (χ2v) is 5.29. The van der Waals surface area contributed by atoms with Crippen LogP contribution in [-0.4, -0.2) is 34.6 Å². The number of hydrogen-bond acceptors (Lipinski definition) is 2. The van der Waals surface area contributed by atoms with Crippen molar-refractivity contribution in [2.45, 2.75) is 25.4 Å². The van der Waals surface area contributed by atoms with Gasteiger partial charge in [0.25, 0.3) is 5.91 Å². The van der Waals surface area contributed by atoms with E-state index in [0.29, 0.717) is 25.9 Å². The van der Waals surface area contributed by atoms with E-state index in [2.05, 4.69) is 0 Å². The minimum absolute atomic E-state index is 0.0827. The molecule has 0 atom stereocenters. The first-order valence-electron chi connectivity index (χ1n) is 5.86. The van der Waals surface area contributed by atoms with E-state index in [0.717, 1.165) is 0 Å². The highest BCUT2D eigenvalue weighted by molar-refractivity contribution is 6.33. The molecule has 2 rings (SSSR count). The minimum atomic E-state index is -0.740. The second kappa shape index (κ2) is 4.86. The lowest BCUT2D eigenvalue weighted by Gasteiger charge is -2.35. The van der Waals surface area contributed by atoms with Crippen LogP contribution in [-0.2, 0) is 0 Å². The maximum absolute atomic E-state index is 13.6. The van der Waals surface area contributed by atoms with Gasteiger partial charge in [0.2, 0.25) is 0 Å². The number of nitrogens with zero attached hydrogens (tertiary/aromatic N) is 1. The van der Waals surface area contributed by atoms with Gasteiger partial charge in [0.05, 0.1) is 16.2 Å². The van der Waals surface area contributed by atoms with Crippen molar-refractivity contribution < 1.29 is 14.3 Å². The van der Waals surface area contributed by atoms with Crippen LogP contribution in [0.2, 0.25) is 5.02 Å². The Balaban J connectivity index is 2.18. The molecule has 1 aliphatic heterocycles. The predicted molar refractivity (Wildman–Crippen MR) is 67.2 cm³/mol. The number of rotatable bonds is 1. The number of benzene rings is 1. The molecule has 1 aromatic rings. The van der Waals surface area contributed by atoms with Crippen molar-refractivity contribution in [3.8, 4) is 0 Å². The summed E-state index contributed by atoms with van der Waals surface area (Å²) in [4.78, 5) is 13.7. The quantitative estimate of drug-likeness (QED) is 0.852. The molecule has 1 heterocycles. The van der Waals surface area contributed by atoms with Gasteiger partial charge in [-0.2, -0.15) is 0 Å². The fraction of sp³-hybridized carbons (Fsp3) is 0.462. The number of carbonyl (C=O) groups excluding carboxylic acids is 1. The number of carbonyl (C=O) groups is 1. The Hall–Kier alpha value is -1.13. The summed E-state index contributed by atoms with van der Waals surface area (Å²) in [6, 6.07) is 4.19. The lowest BCUT2D eigenvalue weighted by atomic mass is 9.93. The molecule has 0 spiro atoms. The predicted octanol–water partition coefficient (Wildman–Crippen LogP) is 2.47. The van der Waals surface area contributed by atoms with Gasteiger partial charge in [-0.25, -0.2) is 4.39 Å². The summed E-state index contributed by atoms with van der Waals surface area (Å²) in [5.74, 6) is -1.02. The standard InChI is InChI=1S/C13H15ClFNO2/c1-13(18)5-7-16(8-6-13)12(17)11-9(14)3-2-4-10(11)15/h2-4,18H,5-8H2,1H3. The molecule has 0 bridgehead atoms. The topological polar surface area (TPSA) is 40.5 Å². The molecule has 1 aliphatic rings. The van der Waals surface area contributed by atoms with E-state index >= 15 is 0 Å². The van der Waals surface area contributed by atoms with Gasteiger partial charge in [-0.3, -0.25) is 4.79 Å². The molecule has 0 aromatic heterocycles. The van der Waals surface area contributed by atoms with E-state index in [1.165, 1.54) is 23.1 Å². The molecule has 0 aliphatic carbocycles. The van der Waals surface area contributed by atoms with Crippen LogP contribution in [0, 0.1) is 5.82 Å². The van der Waals surface area contributed by atoms with Crippen molar-refractivity contribution in [3.63, 3.8) is 0 Å². The van der Waals surface area contributed by atoms with Crippen molar-refractivity contribution in [3.05, 3.63) is 34.6 Å². The first-order chi connectivity index (χ1) is 8.41. The largest absolute Gasteiger partial charge is 0.390 e. The fourth-order valence-electron chi connectivity index (χ4n) is 2.05. The third kappa shape index (κ3) is 2.65. The Labute approximate surface area is 110 Å². The number of aliphatic hydroxyl groups is 1. The SMILES string of the molecule is CC1(O)CCN(C(=O)c2c(F)cccc2Cl)CC1. The summed E-state index contributed by atoms with van der Waals surface area (Å²) in [6.07, 6.45) is 0.982. The molecule has 5 heteroatoms. The Morgan fingerprint density at radius 1 is 1.44 bits per heavy atom. The summed E-state index contributed by atoms with van der Waals surface area (Å²) >= 11 is 5.86. The Morgan fingerprint density at radius 2 is 2.06 bits per heavy atom. The third-order valence-electron chi connectivity index (χ3n) is 3.30. The molecule has 3 nitrogen and oxygen atoms in total. The first kappa shape index (κ1) is 13.3. The Morgan fingerprint density at radius 3 is 2.61 bits per heavy atom. The van der Waals surface area contributed by atoms with Crippen molar-refractivity contribution in [1.82, 2.24) is 4.90 Å². The van der Waals surface area contributed by atoms with E-state index in [9.17, 15) is 14.3 Å². The molecule has 1 amide bonds. The van der Waals surface area contributed by atoms with Gasteiger partial charge in [0.1, 0.15) is 5.82 Å². The zero-order chi connectivity index (χ0) is 13.3. The molecule has 0 unspecified atom stereocenters. The van der Waals surface area contributed by atoms with Gasteiger partial charge >= 0.3 is 0 Å². The summed E-state index contributed by atoms with van der Waals surface area (Å²) in [5.41, 5.74) is -0.823. The van der Waals surface area contributed by atoms with E-state index in [-0.39, 0.29) is 10.6 Å². The van der Waals surface area contributed by atoms with Crippen LogP contribution < -0.4 is 0 Å². The Bertz CT molecular complexity index is 446. The van der Waals surface area contributed by atoms with Crippen molar-refractivity contribution >= 4 is 17.5 Å². The third-order valence-corrected chi connectivity index (χ3v) is 3.62. The zero-order valence-corrected chi connectivity index (χ0v) is 10.9. The number of amides is 1. The lowest BCUT2D eigenvalue weighted by Crippen LogP contribution is -2.45. The van der Waals surface area contributed by atoms with Crippen LogP contribution in [0.5, 0.6) is 0 Å². The van der Waals surface area contributed by atoms with Crippen LogP contribution in [0.15, 0.2) is 18.2 Å². The fourth-order valence-corrected chi connectivity index (χ4v) is 2.30. The summed E-state index contributed by atoms with van der Waals surface area (Å²) in [5, 5.41) is 9.94. The van der Waals surface area contributed by atoms with E-state index < -0.39 is 17.3 Å². The first-order valence-corrected chi connectivity index (χ1v) is 6.24. The zero-order valence-electron chi connectivity index (χ0n) is 10.1.